The lowest BCUT2D eigenvalue weighted by atomic mass is 9.77. The average molecular weight is 339 g/mol. The molecule has 1 saturated heterocycles. The molecule has 2 aromatic heterocycles. The lowest BCUT2D eigenvalue weighted by molar-refractivity contribution is 0.0761. The monoisotopic (exact) mass is 339 g/mol. The number of fused-ring (bicyclic) bond motifs is 1. The van der Waals surface area contributed by atoms with Crippen LogP contribution in [0, 0.1) is 11.8 Å². The van der Waals surface area contributed by atoms with E-state index in [0.717, 1.165) is 25.4 Å². The van der Waals surface area contributed by atoms with Crippen molar-refractivity contribution in [1.29, 1.82) is 0 Å². The molecule has 2 fully saturated rings. The minimum Gasteiger partial charge on any atom is -0.468 e. The lowest BCUT2D eigenvalue weighted by Crippen LogP contribution is -2.43. The first-order valence-electron chi connectivity index (χ1n) is 9.15. The first-order chi connectivity index (χ1) is 12.2. The van der Waals surface area contributed by atoms with Gasteiger partial charge in [-0.25, -0.2) is 0 Å². The summed E-state index contributed by atoms with van der Waals surface area (Å²) < 4.78 is 5.51. The molecule has 0 aromatic carbocycles. The predicted molar refractivity (Wildman–Crippen MR) is 94.9 cm³/mol. The van der Waals surface area contributed by atoms with E-state index in [1.165, 1.54) is 19.3 Å². The Bertz CT molecular complexity index is 701. The quantitative estimate of drug-likeness (QED) is 0.859. The van der Waals surface area contributed by atoms with Crippen molar-refractivity contribution in [2.45, 2.75) is 31.8 Å². The fourth-order valence-corrected chi connectivity index (χ4v) is 4.57. The van der Waals surface area contributed by atoms with E-state index >= 15 is 0 Å². The van der Waals surface area contributed by atoms with Crippen molar-refractivity contribution in [3.05, 3.63) is 54.2 Å². The highest BCUT2D eigenvalue weighted by atomic mass is 16.3. The normalized spacial score (nSPS) is 26.0. The Kier molecular flexibility index (Phi) is 4.57. The molecular weight excluding hydrogens is 314 g/mol. The number of hydrogen-bond acceptors (Lipinski definition) is 4. The fourth-order valence-electron chi connectivity index (χ4n) is 4.57. The van der Waals surface area contributed by atoms with E-state index in [4.69, 9.17) is 4.42 Å². The van der Waals surface area contributed by atoms with Crippen molar-refractivity contribution in [2.24, 2.45) is 11.8 Å². The third-order valence-electron chi connectivity index (χ3n) is 5.78. The summed E-state index contributed by atoms with van der Waals surface area (Å²) in [6.45, 7) is 2.54. The summed E-state index contributed by atoms with van der Waals surface area (Å²) in [5, 5.41) is 0. The van der Waals surface area contributed by atoms with Crippen molar-refractivity contribution >= 4 is 5.91 Å². The third kappa shape index (κ3) is 3.33. The van der Waals surface area contributed by atoms with Gasteiger partial charge in [-0.05, 0) is 56.0 Å². The summed E-state index contributed by atoms with van der Waals surface area (Å²) in [7, 11) is 2.18. The number of carbonyl (C=O) groups excluding carboxylic acids is 1. The molecule has 0 bridgehead atoms. The Balaban J connectivity index is 1.45. The van der Waals surface area contributed by atoms with Crippen LogP contribution in [0.2, 0.25) is 0 Å². The van der Waals surface area contributed by atoms with Gasteiger partial charge in [-0.15, -0.1) is 0 Å². The molecule has 0 spiro atoms. The van der Waals surface area contributed by atoms with Crippen LogP contribution in [0.1, 0.15) is 35.5 Å². The number of rotatable bonds is 4. The number of likely N-dealkylation sites (tertiary alicyclic amines) is 1. The first-order valence-corrected chi connectivity index (χ1v) is 9.15. The molecule has 1 amide bonds. The Hall–Kier alpha value is -2.14. The zero-order chi connectivity index (χ0) is 17.2. The molecule has 2 aromatic rings. The second-order valence-corrected chi connectivity index (χ2v) is 7.34. The molecule has 132 valence electrons. The fraction of sp³-hybridized carbons (Fsp3) is 0.500. The van der Waals surface area contributed by atoms with E-state index in [1.807, 2.05) is 35.2 Å². The van der Waals surface area contributed by atoms with Gasteiger partial charge >= 0.3 is 0 Å². The van der Waals surface area contributed by atoms with Gasteiger partial charge in [0, 0.05) is 25.3 Å². The molecule has 25 heavy (non-hydrogen) atoms. The molecule has 3 heterocycles. The number of amides is 1. The molecule has 5 heteroatoms. The molecule has 2 aliphatic rings. The van der Waals surface area contributed by atoms with Crippen LogP contribution in [-0.2, 0) is 6.54 Å². The summed E-state index contributed by atoms with van der Waals surface area (Å²) in [4.78, 5) is 21.4. The number of furan rings is 1. The van der Waals surface area contributed by atoms with Crippen LogP contribution in [0.25, 0.3) is 0 Å². The lowest BCUT2D eigenvalue weighted by Gasteiger charge is -2.38. The number of carbonyl (C=O) groups is 1. The largest absolute Gasteiger partial charge is 0.468 e. The molecule has 1 aliphatic carbocycles. The van der Waals surface area contributed by atoms with Crippen LogP contribution in [0.15, 0.2) is 47.2 Å². The molecule has 5 nitrogen and oxygen atoms in total. The zero-order valence-corrected chi connectivity index (χ0v) is 14.7. The Labute approximate surface area is 148 Å². The van der Waals surface area contributed by atoms with Crippen LogP contribution < -0.4 is 0 Å². The van der Waals surface area contributed by atoms with Crippen molar-refractivity contribution in [3.8, 4) is 0 Å². The third-order valence-corrected chi connectivity index (χ3v) is 5.78. The van der Waals surface area contributed by atoms with Gasteiger partial charge in [-0.1, -0.05) is 12.5 Å². The van der Waals surface area contributed by atoms with Crippen LogP contribution >= 0.6 is 0 Å². The molecule has 4 rings (SSSR count). The van der Waals surface area contributed by atoms with Crippen LogP contribution in [0.5, 0.6) is 0 Å². The molecule has 0 unspecified atom stereocenters. The summed E-state index contributed by atoms with van der Waals surface area (Å²) in [5.41, 5.74) is 0.557. The highest BCUT2D eigenvalue weighted by molar-refractivity contribution is 5.92. The smallest absolute Gasteiger partial charge is 0.272 e. The summed E-state index contributed by atoms with van der Waals surface area (Å²) in [5.74, 6) is 2.22. The SMILES string of the molecule is CN(Cc1ccco1)[C@@H]1CCC[C@@H]2CN(C(=O)c3ccccn3)C[C@H]21. The standard InChI is InChI=1S/C20H25N3O2/c1-22(13-16-7-5-11-25-16)19-9-4-6-15-12-23(14-17(15)19)20(24)18-8-2-3-10-21-18/h2-3,5,7-8,10-11,15,17,19H,4,6,9,12-14H2,1H3/t15-,17-,19-/m1/s1. The van der Waals surface area contributed by atoms with Crippen molar-refractivity contribution in [3.63, 3.8) is 0 Å². The van der Waals surface area contributed by atoms with E-state index < -0.39 is 0 Å². The highest BCUT2D eigenvalue weighted by Crippen LogP contribution is 2.39. The minimum atomic E-state index is 0.0717. The maximum Gasteiger partial charge on any atom is 0.272 e. The van der Waals surface area contributed by atoms with Crippen molar-refractivity contribution < 1.29 is 9.21 Å². The maximum absolute atomic E-state index is 12.8. The second kappa shape index (κ2) is 7.00. The van der Waals surface area contributed by atoms with Gasteiger partial charge < -0.3 is 9.32 Å². The number of hydrogen-bond donors (Lipinski definition) is 0. The van der Waals surface area contributed by atoms with Gasteiger partial charge in [0.1, 0.15) is 11.5 Å². The highest BCUT2D eigenvalue weighted by Gasteiger charge is 2.43. The molecule has 1 saturated carbocycles. The van der Waals surface area contributed by atoms with E-state index in [2.05, 4.69) is 16.9 Å². The first kappa shape index (κ1) is 16.3. The van der Waals surface area contributed by atoms with Crippen LogP contribution in [0.4, 0.5) is 0 Å². The Morgan fingerprint density at radius 1 is 1.28 bits per heavy atom. The number of aromatic nitrogens is 1. The van der Waals surface area contributed by atoms with Gasteiger partial charge in [-0.3, -0.25) is 14.7 Å². The van der Waals surface area contributed by atoms with Crippen LogP contribution in [-0.4, -0.2) is 46.9 Å². The van der Waals surface area contributed by atoms with Gasteiger partial charge in [0.15, 0.2) is 0 Å². The molecule has 0 radical (unpaired) electrons. The number of pyridine rings is 1. The summed E-state index contributed by atoms with van der Waals surface area (Å²) >= 11 is 0. The second-order valence-electron chi connectivity index (χ2n) is 7.34. The predicted octanol–water partition coefficient (Wildman–Crippen LogP) is 3.05. The van der Waals surface area contributed by atoms with E-state index in [0.29, 0.717) is 23.6 Å². The molecule has 0 N–H and O–H groups in total. The van der Waals surface area contributed by atoms with E-state index in [9.17, 15) is 4.79 Å². The summed E-state index contributed by atoms with van der Waals surface area (Å²) in [6, 6.07) is 10.0. The molecule has 1 aliphatic heterocycles. The van der Waals surface area contributed by atoms with Gasteiger partial charge in [0.25, 0.3) is 5.91 Å². The number of nitrogens with zero attached hydrogens (tertiary/aromatic N) is 3. The van der Waals surface area contributed by atoms with E-state index in [1.54, 1.807) is 12.5 Å². The molecule has 3 atom stereocenters. The Morgan fingerprint density at radius 2 is 2.20 bits per heavy atom. The minimum absolute atomic E-state index is 0.0717. The maximum atomic E-state index is 12.8. The van der Waals surface area contributed by atoms with Crippen molar-refractivity contribution in [1.82, 2.24) is 14.8 Å². The van der Waals surface area contributed by atoms with Gasteiger partial charge in [0.2, 0.25) is 0 Å². The zero-order valence-electron chi connectivity index (χ0n) is 14.7. The van der Waals surface area contributed by atoms with Crippen LogP contribution in [0.3, 0.4) is 0 Å². The Morgan fingerprint density at radius 3 is 2.96 bits per heavy atom. The topological polar surface area (TPSA) is 49.6 Å². The average Bonchev–Trinajstić information content (AvgIpc) is 3.30. The van der Waals surface area contributed by atoms with Gasteiger partial charge in [-0.2, -0.15) is 0 Å². The molecular formula is C20H25N3O2. The van der Waals surface area contributed by atoms with E-state index in [-0.39, 0.29) is 5.91 Å². The van der Waals surface area contributed by atoms with Crippen molar-refractivity contribution in [2.75, 3.05) is 20.1 Å². The summed E-state index contributed by atoms with van der Waals surface area (Å²) in [6.07, 6.45) is 7.08. The van der Waals surface area contributed by atoms with Gasteiger partial charge in [0.05, 0.1) is 12.8 Å².